The molecule has 3 amide bonds. The van der Waals surface area contributed by atoms with Crippen molar-refractivity contribution in [3.8, 4) is 0 Å². The van der Waals surface area contributed by atoms with Gasteiger partial charge in [-0.1, -0.05) is 18.2 Å². The van der Waals surface area contributed by atoms with Crippen LogP contribution in [0.15, 0.2) is 24.3 Å². The SMILES string of the molecule is O=C(CN1C(=O)c2ccccc2C(F)(F)C1=O)NC1CC[C@@H](O)[C@@H](O)CC1. The van der Waals surface area contributed by atoms with Gasteiger partial charge in [0.25, 0.3) is 5.91 Å². The van der Waals surface area contributed by atoms with Gasteiger partial charge < -0.3 is 15.5 Å². The number of rotatable bonds is 3. The molecule has 0 radical (unpaired) electrons. The molecule has 0 bridgehead atoms. The van der Waals surface area contributed by atoms with Crippen molar-refractivity contribution in [2.45, 2.75) is 49.9 Å². The van der Waals surface area contributed by atoms with Crippen molar-refractivity contribution in [1.29, 1.82) is 0 Å². The van der Waals surface area contributed by atoms with Crippen LogP contribution in [0.25, 0.3) is 0 Å². The first kappa shape index (κ1) is 19.4. The van der Waals surface area contributed by atoms with Crippen molar-refractivity contribution >= 4 is 17.7 Å². The second-order valence-electron chi connectivity index (χ2n) is 6.87. The predicted octanol–water partition coefficient (Wildman–Crippen LogP) is 0.541. The molecule has 1 aromatic rings. The first-order chi connectivity index (χ1) is 12.7. The van der Waals surface area contributed by atoms with E-state index < -0.39 is 48.0 Å². The number of halogens is 2. The molecule has 9 heteroatoms. The number of amides is 3. The molecule has 0 aromatic heterocycles. The van der Waals surface area contributed by atoms with Crippen LogP contribution in [0.3, 0.4) is 0 Å². The van der Waals surface area contributed by atoms with Crippen molar-refractivity contribution < 1.29 is 33.4 Å². The summed E-state index contributed by atoms with van der Waals surface area (Å²) in [6.07, 6.45) is -0.423. The first-order valence-corrected chi connectivity index (χ1v) is 8.71. The fourth-order valence-electron chi connectivity index (χ4n) is 3.44. The van der Waals surface area contributed by atoms with Gasteiger partial charge in [-0.3, -0.25) is 19.3 Å². The minimum atomic E-state index is -3.89. The summed E-state index contributed by atoms with van der Waals surface area (Å²) >= 11 is 0. The van der Waals surface area contributed by atoms with Gasteiger partial charge in [-0.15, -0.1) is 0 Å². The number of nitrogens with one attached hydrogen (secondary N) is 1. The molecule has 1 aromatic carbocycles. The summed E-state index contributed by atoms with van der Waals surface area (Å²) in [6, 6.07) is 4.54. The average molecular weight is 382 g/mol. The largest absolute Gasteiger partial charge is 0.390 e. The molecule has 2 aliphatic rings. The van der Waals surface area contributed by atoms with E-state index in [1.807, 2.05) is 0 Å². The molecular formula is C18H20F2N2O5. The van der Waals surface area contributed by atoms with E-state index in [-0.39, 0.29) is 29.3 Å². The monoisotopic (exact) mass is 382 g/mol. The fourth-order valence-corrected chi connectivity index (χ4v) is 3.44. The Labute approximate surface area is 154 Å². The molecule has 146 valence electrons. The first-order valence-electron chi connectivity index (χ1n) is 8.71. The highest BCUT2D eigenvalue weighted by molar-refractivity contribution is 6.13. The fraction of sp³-hybridized carbons (Fsp3) is 0.500. The second kappa shape index (κ2) is 7.32. The molecule has 1 saturated carbocycles. The standard InChI is InChI=1S/C18H20F2N2O5/c19-18(20)12-4-2-1-3-11(12)16(26)22(17(18)27)9-15(25)21-10-5-7-13(23)14(24)8-6-10/h1-4,10,13-14,23-24H,5-9H2,(H,21,25)/t10?,13-,14+. The minimum Gasteiger partial charge on any atom is -0.390 e. The number of aliphatic hydroxyl groups excluding tert-OH is 2. The maximum atomic E-state index is 14.3. The molecular weight excluding hydrogens is 362 g/mol. The zero-order valence-corrected chi connectivity index (χ0v) is 14.4. The number of alkyl halides is 2. The van der Waals surface area contributed by atoms with E-state index in [0.29, 0.717) is 12.8 Å². The van der Waals surface area contributed by atoms with Gasteiger partial charge in [0.2, 0.25) is 5.91 Å². The minimum absolute atomic E-state index is 0.262. The van der Waals surface area contributed by atoms with Crippen LogP contribution in [0.1, 0.15) is 41.6 Å². The molecule has 1 unspecified atom stereocenters. The Bertz CT molecular complexity index is 758. The number of carbonyl (C=O) groups excluding carboxylic acids is 3. The maximum Gasteiger partial charge on any atom is 0.351 e. The molecule has 0 spiro atoms. The van der Waals surface area contributed by atoms with Crippen molar-refractivity contribution in [2.75, 3.05) is 6.54 Å². The average Bonchev–Trinajstić information content (AvgIpc) is 2.80. The summed E-state index contributed by atoms with van der Waals surface area (Å²) in [5.41, 5.74) is -0.973. The van der Waals surface area contributed by atoms with Gasteiger partial charge in [-0.25, -0.2) is 0 Å². The van der Waals surface area contributed by atoms with Crippen molar-refractivity contribution in [3.63, 3.8) is 0 Å². The number of carbonyl (C=O) groups is 3. The van der Waals surface area contributed by atoms with Crippen LogP contribution in [0.5, 0.6) is 0 Å². The van der Waals surface area contributed by atoms with Crippen LogP contribution in [0.2, 0.25) is 0 Å². The summed E-state index contributed by atoms with van der Waals surface area (Å²) < 4.78 is 28.7. The van der Waals surface area contributed by atoms with Crippen molar-refractivity contribution in [2.24, 2.45) is 0 Å². The van der Waals surface area contributed by atoms with Gasteiger partial charge >= 0.3 is 11.8 Å². The normalized spacial score (nSPS) is 27.7. The van der Waals surface area contributed by atoms with Gasteiger partial charge in [-0.05, 0) is 31.7 Å². The Kier molecular flexibility index (Phi) is 5.25. The molecule has 3 atom stereocenters. The lowest BCUT2D eigenvalue weighted by Crippen LogP contribution is -2.54. The lowest BCUT2D eigenvalue weighted by molar-refractivity contribution is -0.158. The van der Waals surface area contributed by atoms with E-state index in [2.05, 4.69) is 5.32 Å². The van der Waals surface area contributed by atoms with Crippen LogP contribution in [-0.4, -0.2) is 57.6 Å². The summed E-state index contributed by atoms with van der Waals surface area (Å²) in [6.45, 7) is -0.816. The molecule has 3 N–H and O–H groups in total. The van der Waals surface area contributed by atoms with Gasteiger partial charge in [0.1, 0.15) is 6.54 Å². The number of hydrogen-bond donors (Lipinski definition) is 3. The number of nitrogens with zero attached hydrogens (tertiary/aromatic N) is 1. The van der Waals surface area contributed by atoms with Crippen molar-refractivity contribution in [1.82, 2.24) is 10.2 Å². The molecule has 1 heterocycles. The smallest absolute Gasteiger partial charge is 0.351 e. The third kappa shape index (κ3) is 3.70. The van der Waals surface area contributed by atoms with E-state index in [1.165, 1.54) is 18.2 Å². The van der Waals surface area contributed by atoms with Gasteiger partial charge in [0, 0.05) is 17.2 Å². The van der Waals surface area contributed by atoms with Crippen LogP contribution in [-0.2, 0) is 15.5 Å². The molecule has 1 aliphatic heterocycles. The lowest BCUT2D eigenvalue weighted by atomic mass is 9.95. The Morgan fingerprint density at radius 3 is 2.33 bits per heavy atom. The highest BCUT2D eigenvalue weighted by Crippen LogP contribution is 2.37. The number of benzene rings is 1. The zero-order chi connectivity index (χ0) is 19.8. The topological polar surface area (TPSA) is 107 Å². The molecule has 1 aliphatic carbocycles. The highest BCUT2D eigenvalue weighted by Gasteiger charge is 2.52. The van der Waals surface area contributed by atoms with Gasteiger partial charge in [0.05, 0.1) is 12.2 Å². The Morgan fingerprint density at radius 2 is 1.70 bits per heavy atom. The Hall–Kier alpha value is -2.39. The number of aliphatic hydroxyl groups is 2. The molecule has 1 fully saturated rings. The van der Waals surface area contributed by atoms with E-state index in [0.717, 1.165) is 6.07 Å². The van der Waals surface area contributed by atoms with Crippen LogP contribution in [0, 0.1) is 0 Å². The van der Waals surface area contributed by atoms with E-state index in [1.54, 1.807) is 0 Å². The maximum absolute atomic E-state index is 14.3. The van der Waals surface area contributed by atoms with E-state index in [9.17, 15) is 33.4 Å². The summed E-state index contributed by atoms with van der Waals surface area (Å²) in [5, 5.41) is 21.9. The van der Waals surface area contributed by atoms with Gasteiger partial charge in [-0.2, -0.15) is 8.78 Å². The molecule has 0 saturated heterocycles. The number of fused-ring (bicyclic) bond motifs is 1. The quantitative estimate of drug-likeness (QED) is 0.523. The van der Waals surface area contributed by atoms with Crippen molar-refractivity contribution in [3.05, 3.63) is 35.4 Å². The summed E-state index contributed by atoms with van der Waals surface area (Å²) in [5.74, 6) is -7.30. The second-order valence-corrected chi connectivity index (χ2v) is 6.87. The Balaban J connectivity index is 1.71. The summed E-state index contributed by atoms with van der Waals surface area (Å²) in [7, 11) is 0. The number of hydrogen-bond acceptors (Lipinski definition) is 5. The van der Waals surface area contributed by atoms with E-state index >= 15 is 0 Å². The van der Waals surface area contributed by atoms with E-state index in [4.69, 9.17) is 0 Å². The van der Waals surface area contributed by atoms with Crippen LogP contribution < -0.4 is 5.32 Å². The van der Waals surface area contributed by atoms with Crippen LogP contribution in [0.4, 0.5) is 8.78 Å². The zero-order valence-electron chi connectivity index (χ0n) is 14.4. The van der Waals surface area contributed by atoms with Gasteiger partial charge in [0.15, 0.2) is 0 Å². The molecule has 3 rings (SSSR count). The third-order valence-corrected chi connectivity index (χ3v) is 4.99. The molecule has 27 heavy (non-hydrogen) atoms. The number of imide groups is 1. The Morgan fingerprint density at radius 1 is 1.11 bits per heavy atom. The third-order valence-electron chi connectivity index (χ3n) is 4.99. The summed E-state index contributed by atoms with van der Waals surface area (Å²) in [4.78, 5) is 37.0. The predicted molar refractivity (Wildman–Crippen MR) is 88.8 cm³/mol. The molecule has 7 nitrogen and oxygen atoms in total. The van der Waals surface area contributed by atoms with Crippen LogP contribution >= 0.6 is 0 Å². The lowest BCUT2D eigenvalue weighted by Gasteiger charge is -2.31. The highest BCUT2D eigenvalue weighted by atomic mass is 19.3.